The van der Waals surface area contributed by atoms with Crippen LogP contribution in [0.2, 0.25) is 0 Å². The molecule has 34 heavy (non-hydrogen) atoms. The number of hydrogen-bond acceptors (Lipinski definition) is 8. The summed E-state index contributed by atoms with van der Waals surface area (Å²) in [6.07, 6.45) is 3.86. The molecule has 3 N–H and O–H groups in total. The van der Waals surface area contributed by atoms with Crippen LogP contribution in [0.25, 0.3) is 10.6 Å². The van der Waals surface area contributed by atoms with Crippen LogP contribution in [0.4, 0.5) is 16.0 Å². The van der Waals surface area contributed by atoms with Crippen molar-refractivity contribution >= 4 is 34.0 Å². The second-order valence-corrected chi connectivity index (χ2v) is 11.4. The Bertz CT molecular complexity index is 1180. The van der Waals surface area contributed by atoms with E-state index in [0.717, 1.165) is 30.9 Å². The Labute approximate surface area is 205 Å². The molecule has 2 atom stereocenters. The topological polar surface area (TPSA) is 101 Å². The molecule has 0 radical (unpaired) electrons. The molecule has 1 aromatic carbocycles. The van der Waals surface area contributed by atoms with Crippen molar-refractivity contribution in [2.75, 3.05) is 23.1 Å². The van der Waals surface area contributed by atoms with Crippen molar-refractivity contribution in [3.05, 3.63) is 40.8 Å². The number of halogens is 1. The summed E-state index contributed by atoms with van der Waals surface area (Å²) in [7, 11) is -1.31. The molecular weight excluding hydrogens is 475 g/mol. The van der Waals surface area contributed by atoms with Gasteiger partial charge >= 0.3 is 0 Å². The molecule has 0 aliphatic carbocycles. The zero-order valence-electron chi connectivity index (χ0n) is 19.6. The van der Waals surface area contributed by atoms with Crippen molar-refractivity contribution in [3.8, 4) is 22.2 Å². The zero-order valence-corrected chi connectivity index (χ0v) is 21.3. The summed E-state index contributed by atoms with van der Waals surface area (Å²) in [4.78, 5) is 14.2. The van der Waals surface area contributed by atoms with Crippen LogP contribution in [-0.2, 0) is 11.0 Å². The molecule has 1 saturated heterocycles. The standard InChI is InChI=1S/C23H29FN6O2S2/c1-13(2)34(31)30-19-11-17(24)20(10-14(19)3)32-22-21(33-15(4)27-22)18-7-9-26-23(29-18)28-16-6-5-8-25-12-16/h7,9-11,13,16,25,30H,5-6,8,12H2,1-4H3,(H,26,28,29). The van der Waals surface area contributed by atoms with E-state index >= 15 is 0 Å². The van der Waals surface area contributed by atoms with Crippen molar-refractivity contribution in [2.45, 2.75) is 51.8 Å². The van der Waals surface area contributed by atoms with Gasteiger partial charge in [-0.2, -0.15) is 0 Å². The smallest absolute Gasteiger partial charge is 0.240 e. The third-order valence-electron chi connectivity index (χ3n) is 5.35. The van der Waals surface area contributed by atoms with Crippen molar-refractivity contribution in [1.29, 1.82) is 0 Å². The third-order valence-corrected chi connectivity index (χ3v) is 7.60. The number of nitrogens with one attached hydrogen (secondary N) is 3. The second kappa shape index (κ2) is 10.7. The fourth-order valence-corrected chi connectivity index (χ4v) is 5.01. The van der Waals surface area contributed by atoms with Crippen molar-refractivity contribution in [2.24, 2.45) is 0 Å². The maximum atomic E-state index is 14.9. The lowest BCUT2D eigenvalue weighted by Gasteiger charge is -2.23. The molecule has 3 heterocycles. The summed E-state index contributed by atoms with van der Waals surface area (Å²) in [5, 5.41) is 7.43. The number of thiazole rings is 1. The lowest BCUT2D eigenvalue weighted by atomic mass is 10.1. The van der Waals surface area contributed by atoms with Gasteiger partial charge in [-0.05, 0) is 64.8 Å². The Morgan fingerprint density at radius 1 is 1.29 bits per heavy atom. The number of hydrogen-bond donors (Lipinski definition) is 3. The van der Waals surface area contributed by atoms with Gasteiger partial charge in [-0.25, -0.2) is 23.6 Å². The molecule has 182 valence electrons. The number of anilines is 2. The Balaban J connectivity index is 1.57. The number of nitrogens with zero attached hydrogens (tertiary/aromatic N) is 3. The number of aromatic nitrogens is 3. The normalized spacial score (nSPS) is 16.9. The van der Waals surface area contributed by atoms with E-state index in [0.29, 0.717) is 27.8 Å². The van der Waals surface area contributed by atoms with Crippen molar-refractivity contribution in [1.82, 2.24) is 20.3 Å². The summed E-state index contributed by atoms with van der Waals surface area (Å²) in [5.41, 5.74) is 1.84. The summed E-state index contributed by atoms with van der Waals surface area (Å²) >= 11 is 1.42. The van der Waals surface area contributed by atoms with Gasteiger partial charge in [0.15, 0.2) is 11.6 Å². The molecular formula is C23H29FN6O2S2. The molecule has 0 saturated carbocycles. The minimum absolute atomic E-state index is 0.0469. The Morgan fingerprint density at radius 3 is 2.85 bits per heavy atom. The highest BCUT2D eigenvalue weighted by atomic mass is 32.2. The van der Waals surface area contributed by atoms with E-state index in [1.165, 1.54) is 17.4 Å². The first-order valence-corrected chi connectivity index (χ1v) is 13.3. The van der Waals surface area contributed by atoms with E-state index in [9.17, 15) is 8.60 Å². The Kier molecular flexibility index (Phi) is 7.74. The van der Waals surface area contributed by atoms with Gasteiger partial charge in [0, 0.05) is 30.1 Å². The number of benzene rings is 1. The van der Waals surface area contributed by atoms with E-state index in [1.54, 1.807) is 18.3 Å². The lowest BCUT2D eigenvalue weighted by Crippen LogP contribution is -2.38. The molecule has 1 fully saturated rings. The van der Waals surface area contributed by atoms with Crippen LogP contribution in [-0.4, -0.2) is 43.5 Å². The van der Waals surface area contributed by atoms with Gasteiger partial charge in [-0.15, -0.1) is 11.3 Å². The van der Waals surface area contributed by atoms with Crippen LogP contribution in [0.3, 0.4) is 0 Å². The van der Waals surface area contributed by atoms with Gasteiger partial charge in [0.05, 0.1) is 16.4 Å². The summed E-state index contributed by atoms with van der Waals surface area (Å²) < 4.78 is 35.8. The number of aryl methyl sites for hydroxylation is 2. The van der Waals surface area contributed by atoms with E-state index in [4.69, 9.17) is 4.74 Å². The largest absolute Gasteiger partial charge is 0.434 e. The number of ether oxygens (including phenoxy) is 1. The molecule has 2 unspecified atom stereocenters. The van der Waals surface area contributed by atoms with Crippen molar-refractivity contribution < 1.29 is 13.3 Å². The van der Waals surface area contributed by atoms with Gasteiger partial charge in [-0.3, -0.25) is 0 Å². The van der Waals surface area contributed by atoms with Crippen LogP contribution in [0, 0.1) is 19.7 Å². The van der Waals surface area contributed by atoms with Gasteiger partial charge in [-0.1, -0.05) is 0 Å². The first kappa shape index (κ1) is 24.5. The predicted octanol–water partition coefficient (Wildman–Crippen LogP) is 4.80. The van der Waals surface area contributed by atoms with Gasteiger partial charge in [0.2, 0.25) is 11.8 Å². The average molecular weight is 505 g/mol. The Morgan fingerprint density at radius 2 is 2.12 bits per heavy atom. The molecule has 0 spiro atoms. The van der Waals surface area contributed by atoms with E-state index in [2.05, 4.69) is 30.3 Å². The van der Waals surface area contributed by atoms with E-state index in [-0.39, 0.29) is 22.9 Å². The first-order valence-electron chi connectivity index (χ1n) is 11.2. The molecule has 3 aromatic rings. The summed E-state index contributed by atoms with van der Waals surface area (Å²) in [6.45, 7) is 9.24. The molecule has 4 rings (SSSR count). The van der Waals surface area contributed by atoms with Crippen molar-refractivity contribution in [3.63, 3.8) is 0 Å². The summed E-state index contributed by atoms with van der Waals surface area (Å²) in [5.74, 6) is 0.306. The molecule has 1 aliphatic heterocycles. The van der Waals surface area contributed by atoms with Crippen LogP contribution in [0.15, 0.2) is 24.4 Å². The minimum Gasteiger partial charge on any atom is -0.434 e. The van der Waals surface area contributed by atoms with Gasteiger partial charge in [0.25, 0.3) is 0 Å². The Hall–Kier alpha value is -2.63. The number of rotatable bonds is 8. The van der Waals surface area contributed by atoms with Gasteiger partial charge < -0.3 is 20.1 Å². The fourth-order valence-electron chi connectivity index (χ4n) is 3.52. The monoisotopic (exact) mass is 504 g/mol. The lowest BCUT2D eigenvalue weighted by molar-refractivity contribution is 0.430. The highest BCUT2D eigenvalue weighted by Gasteiger charge is 2.20. The third kappa shape index (κ3) is 5.89. The molecule has 2 aromatic heterocycles. The molecule has 11 heteroatoms. The minimum atomic E-state index is -1.31. The molecule has 0 amide bonds. The summed E-state index contributed by atoms with van der Waals surface area (Å²) in [6, 6.07) is 4.95. The quantitative estimate of drug-likeness (QED) is 0.405. The molecule has 1 aliphatic rings. The van der Waals surface area contributed by atoms with Crippen LogP contribution >= 0.6 is 11.3 Å². The SMILES string of the molecule is Cc1nc(Oc2cc(C)c(NS(=O)C(C)C)cc2F)c(-c2ccnc(NC3CCCNC3)n2)s1. The second-order valence-electron chi connectivity index (χ2n) is 8.47. The van der Waals surface area contributed by atoms with Gasteiger partial charge in [0.1, 0.15) is 15.9 Å². The fraction of sp³-hybridized carbons (Fsp3) is 0.435. The molecule has 0 bridgehead atoms. The predicted molar refractivity (Wildman–Crippen MR) is 136 cm³/mol. The number of piperidine rings is 1. The maximum Gasteiger partial charge on any atom is 0.240 e. The van der Waals surface area contributed by atoms with E-state index < -0.39 is 16.8 Å². The highest BCUT2D eigenvalue weighted by Crippen LogP contribution is 2.38. The first-order chi connectivity index (χ1) is 16.3. The maximum absolute atomic E-state index is 14.9. The zero-order chi connectivity index (χ0) is 24.2. The molecule has 8 nitrogen and oxygen atoms in total. The highest BCUT2D eigenvalue weighted by molar-refractivity contribution is 7.86. The average Bonchev–Trinajstić information content (AvgIpc) is 3.18. The van der Waals surface area contributed by atoms with Crippen LogP contribution in [0.1, 0.15) is 37.3 Å². The van der Waals surface area contributed by atoms with Crippen LogP contribution in [0.5, 0.6) is 11.6 Å². The van der Waals surface area contributed by atoms with E-state index in [1.807, 2.05) is 27.7 Å². The van der Waals surface area contributed by atoms with Crippen LogP contribution < -0.4 is 20.1 Å².